The summed E-state index contributed by atoms with van der Waals surface area (Å²) in [6.07, 6.45) is 0. The average molecular weight is 437 g/mol. The van der Waals surface area contributed by atoms with Gasteiger partial charge in [0.2, 0.25) is 0 Å². The number of ether oxygens (including phenoxy) is 1. The Kier molecular flexibility index (Phi) is 6.18. The molecule has 1 heterocycles. The van der Waals surface area contributed by atoms with Crippen molar-refractivity contribution in [3.63, 3.8) is 0 Å². The number of carbonyl (C=O) groups is 1. The third-order valence-corrected chi connectivity index (χ3v) is 5.15. The van der Waals surface area contributed by atoms with Crippen molar-refractivity contribution >= 4 is 28.7 Å². The number of thiazole rings is 1. The third kappa shape index (κ3) is 5.43. The lowest BCUT2D eigenvalue weighted by Crippen LogP contribution is -2.19. The molecule has 2 N–H and O–H groups in total. The highest BCUT2D eigenvalue weighted by Crippen LogP contribution is 2.30. The van der Waals surface area contributed by atoms with Crippen LogP contribution in [0.4, 0.5) is 25.0 Å². The van der Waals surface area contributed by atoms with Gasteiger partial charge in [-0.15, -0.1) is 11.3 Å². The van der Waals surface area contributed by atoms with Gasteiger partial charge in [-0.05, 0) is 24.3 Å². The largest absolute Gasteiger partial charge is 0.435 e. The Labute approximate surface area is 181 Å². The molecule has 0 saturated carbocycles. The molecule has 31 heavy (non-hydrogen) atoms. The maximum Gasteiger partial charge on any atom is 0.387 e. The van der Waals surface area contributed by atoms with Gasteiger partial charge in [0.15, 0.2) is 0 Å². The van der Waals surface area contributed by atoms with E-state index in [1.54, 1.807) is 23.5 Å². The molecule has 0 atom stereocenters. The van der Waals surface area contributed by atoms with Crippen molar-refractivity contribution in [1.29, 1.82) is 0 Å². The van der Waals surface area contributed by atoms with Crippen molar-refractivity contribution in [3.8, 4) is 27.6 Å². The predicted octanol–water partition coefficient (Wildman–Crippen LogP) is 6.72. The summed E-state index contributed by atoms with van der Waals surface area (Å²) in [5, 5.41) is 8.22. The molecule has 0 fully saturated rings. The van der Waals surface area contributed by atoms with Crippen LogP contribution in [0.2, 0.25) is 0 Å². The van der Waals surface area contributed by atoms with Crippen molar-refractivity contribution in [2.75, 3.05) is 10.6 Å². The number of hydrogen-bond donors (Lipinski definition) is 2. The molecule has 0 radical (unpaired) electrons. The van der Waals surface area contributed by atoms with Crippen molar-refractivity contribution in [2.45, 2.75) is 6.61 Å². The van der Waals surface area contributed by atoms with Crippen LogP contribution in [0.3, 0.4) is 0 Å². The van der Waals surface area contributed by atoms with Gasteiger partial charge in [-0.2, -0.15) is 8.78 Å². The highest BCUT2D eigenvalue weighted by Gasteiger charge is 2.10. The van der Waals surface area contributed by atoms with Crippen LogP contribution < -0.4 is 15.4 Å². The Morgan fingerprint density at radius 3 is 2.29 bits per heavy atom. The Morgan fingerprint density at radius 2 is 1.55 bits per heavy atom. The maximum atomic E-state index is 12.4. The first kappa shape index (κ1) is 20.5. The van der Waals surface area contributed by atoms with Crippen LogP contribution in [-0.2, 0) is 0 Å². The first-order valence-corrected chi connectivity index (χ1v) is 10.2. The molecule has 0 aliphatic carbocycles. The Balaban J connectivity index is 1.44. The SMILES string of the molecule is O=C(Nc1cccc(OC(F)F)c1)Nc1cccc(-c2csc(-c3ccccc3)n2)c1. The molecular weight excluding hydrogens is 420 g/mol. The molecule has 0 unspecified atom stereocenters. The third-order valence-electron chi connectivity index (χ3n) is 4.26. The van der Waals surface area contributed by atoms with E-state index in [1.807, 2.05) is 53.9 Å². The van der Waals surface area contributed by atoms with Gasteiger partial charge >= 0.3 is 12.6 Å². The summed E-state index contributed by atoms with van der Waals surface area (Å²) in [6.45, 7) is -2.93. The first-order chi connectivity index (χ1) is 15.1. The molecule has 0 aliphatic heterocycles. The molecule has 0 aliphatic rings. The van der Waals surface area contributed by atoms with Gasteiger partial charge in [-0.1, -0.05) is 48.5 Å². The summed E-state index contributed by atoms with van der Waals surface area (Å²) >= 11 is 1.55. The second-order valence-electron chi connectivity index (χ2n) is 6.47. The zero-order valence-electron chi connectivity index (χ0n) is 16.1. The van der Waals surface area contributed by atoms with Crippen LogP contribution in [0.25, 0.3) is 21.8 Å². The van der Waals surface area contributed by atoms with Gasteiger partial charge in [0.25, 0.3) is 0 Å². The van der Waals surface area contributed by atoms with Crippen molar-refractivity contribution < 1.29 is 18.3 Å². The molecule has 3 aromatic carbocycles. The maximum absolute atomic E-state index is 12.4. The number of urea groups is 1. The number of hydrogen-bond acceptors (Lipinski definition) is 4. The van der Waals surface area contributed by atoms with Crippen molar-refractivity contribution in [2.24, 2.45) is 0 Å². The highest BCUT2D eigenvalue weighted by atomic mass is 32.1. The van der Waals surface area contributed by atoms with Crippen molar-refractivity contribution in [3.05, 3.63) is 84.2 Å². The molecule has 8 heteroatoms. The number of nitrogens with one attached hydrogen (secondary N) is 2. The Morgan fingerprint density at radius 1 is 0.871 bits per heavy atom. The highest BCUT2D eigenvalue weighted by molar-refractivity contribution is 7.13. The van der Waals surface area contributed by atoms with E-state index in [0.29, 0.717) is 11.4 Å². The second-order valence-corrected chi connectivity index (χ2v) is 7.33. The summed E-state index contributed by atoms with van der Waals surface area (Å²) in [6, 6.07) is 22.5. The van der Waals surface area contributed by atoms with Crippen LogP contribution in [-0.4, -0.2) is 17.6 Å². The van der Waals surface area contributed by atoms with E-state index >= 15 is 0 Å². The molecule has 0 bridgehead atoms. The zero-order valence-corrected chi connectivity index (χ0v) is 16.9. The van der Waals surface area contributed by atoms with E-state index in [4.69, 9.17) is 0 Å². The number of aromatic nitrogens is 1. The molecule has 0 spiro atoms. The van der Waals surface area contributed by atoms with E-state index in [9.17, 15) is 13.6 Å². The fraction of sp³-hybridized carbons (Fsp3) is 0.0435. The monoisotopic (exact) mass is 437 g/mol. The van der Waals surface area contributed by atoms with Gasteiger partial charge in [0.1, 0.15) is 10.8 Å². The molecule has 4 aromatic rings. The average Bonchev–Trinajstić information content (AvgIpc) is 3.25. The lowest BCUT2D eigenvalue weighted by atomic mass is 10.1. The fourth-order valence-electron chi connectivity index (χ4n) is 2.92. The lowest BCUT2D eigenvalue weighted by Gasteiger charge is -2.10. The number of carbonyl (C=O) groups excluding carboxylic acids is 1. The molecule has 2 amide bonds. The van der Waals surface area contributed by atoms with E-state index in [2.05, 4.69) is 20.4 Å². The minimum Gasteiger partial charge on any atom is -0.435 e. The number of nitrogens with zero attached hydrogens (tertiary/aromatic N) is 1. The fourth-order valence-corrected chi connectivity index (χ4v) is 3.75. The van der Waals surface area contributed by atoms with Gasteiger partial charge in [-0.25, -0.2) is 9.78 Å². The number of halogens is 2. The van der Waals surface area contributed by atoms with E-state index in [1.165, 1.54) is 18.2 Å². The predicted molar refractivity (Wildman–Crippen MR) is 119 cm³/mol. The number of rotatable bonds is 6. The first-order valence-electron chi connectivity index (χ1n) is 9.31. The lowest BCUT2D eigenvalue weighted by molar-refractivity contribution is -0.0497. The summed E-state index contributed by atoms with van der Waals surface area (Å²) < 4.78 is 29.0. The minimum atomic E-state index is -2.93. The number of anilines is 2. The van der Waals surface area contributed by atoms with Gasteiger partial charge < -0.3 is 15.4 Å². The standard InChI is InChI=1S/C23H17F2N3O2S/c24-22(25)30-19-11-5-10-18(13-19)27-23(29)26-17-9-4-8-16(12-17)20-14-31-21(28-20)15-6-2-1-3-7-15/h1-14,22H,(H2,26,27,29). The Hall–Kier alpha value is -3.78. The van der Waals surface area contributed by atoms with Gasteiger partial charge in [0, 0.05) is 33.9 Å². The smallest absolute Gasteiger partial charge is 0.387 e. The van der Waals surface area contributed by atoms with Crippen LogP contribution >= 0.6 is 11.3 Å². The summed E-state index contributed by atoms with van der Waals surface area (Å²) in [7, 11) is 0. The molecule has 4 rings (SSSR count). The molecule has 1 aromatic heterocycles. The number of alkyl halides is 2. The van der Waals surface area contributed by atoms with Crippen LogP contribution in [0.15, 0.2) is 84.2 Å². The molecule has 0 saturated heterocycles. The normalized spacial score (nSPS) is 10.7. The van der Waals surface area contributed by atoms with Crippen LogP contribution in [0, 0.1) is 0 Å². The molecule has 5 nitrogen and oxygen atoms in total. The topological polar surface area (TPSA) is 63.2 Å². The number of benzene rings is 3. The van der Waals surface area contributed by atoms with Gasteiger partial charge in [0.05, 0.1) is 5.69 Å². The summed E-state index contributed by atoms with van der Waals surface area (Å²) in [5.74, 6) is -0.0347. The summed E-state index contributed by atoms with van der Waals surface area (Å²) in [5.41, 5.74) is 3.63. The second kappa shape index (κ2) is 9.36. The van der Waals surface area contributed by atoms with Gasteiger partial charge in [-0.3, -0.25) is 0 Å². The van der Waals surface area contributed by atoms with Crippen molar-refractivity contribution in [1.82, 2.24) is 4.98 Å². The van der Waals surface area contributed by atoms with E-state index < -0.39 is 12.6 Å². The molecular formula is C23H17F2N3O2S. The van der Waals surface area contributed by atoms with E-state index in [0.717, 1.165) is 21.8 Å². The Bertz CT molecular complexity index is 1180. The number of amides is 2. The quantitative estimate of drug-likeness (QED) is 0.352. The van der Waals surface area contributed by atoms with E-state index in [-0.39, 0.29) is 5.75 Å². The molecule has 156 valence electrons. The minimum absolute atomic E-state index is 0.0347. The summed E-state index contributed by atoms with van der Waals surface area (Å²) in [4.78, 5) is 17.0. The van der Waals surface area contributed by atoms with Crippen LogP contribution in [0.1, 0.15) is 0 Å². The zero-order chi connectivity index (χ0) is 21.6. The van der Waals surface area contributed by atoms with Crippen LogP contribution in [0.5, 0.6) is 5.75 Å².